The molecule has 23 heavy (non-hydrogen) atoms. The zero-order valence-corrected chi connectivity index (χ0v) is 13.2. The Kier molecular flexibility index (Phi) is 4.10. The van der Waals surface area contributed by atoms with Gasteiger partial charge >= 0.3 is 0 Å². The number of likely N-dealkylation sites (N-methyl/N-ethyl adjacent to an activating group) is 1. The van der Waals surface area contributed by atoms with Gasteiger partial charge in [0.1, 0.15) is 12.2 Å². The van der Waals surface area contributed by atoms with Crippen molar-refractivity contribution in [2.45, 2.75) is 25.6 Å². The number of pyridine rings is 1. The SMILES string of the molecule is CC(=O)N1C(c2ccccc2)N(C)C(=O)[C@H]1Cc1cccnc1. The van der Waals surface area contributed by atoms with Crippen molar-refractivity contribution in [3.05, 3.63) is 66.0 Å². The van der Waals surface area contributed by atoms with Crippen LogP contribution in [-0.2, 0) is 16.0 Å². The first-order valence-electron chi connectivity index (χ1n) is 7.59. The third-order valence-corrected chi connectivity index (χ3v) is 4.21. The maximum Gasteiger partial charge on any atom is 0.247 e. The first kappa shape index (κ1) is 15.2. The molecule has 2 atom stereocenters. The molecular formula is C18H19N3O2. The Morgan fingerprint density at radius 3 is 2.52 bits per heavy atom. The van der Waals surface area contributed by atoms with Crippen LogP contribution in [0.5, 0.6) is 0 Å². The summed E-state index contributed by atoms with van der Waals surface area (Å²) in [4.78, 5) is 32.4. The normalized spacial score (nSPS) is 20.9. The highest BCUT2D eigenvalue weighted by Gasteiger charge is 2.46. The van der Waals surface area contributed by atoms with Gasteiger partial charge in [0.25, 0.3) is 0 Å². The lowest BCUT2D eigenvalue weighted by atomic mass is 10.1. The predicted molar refractivity (Wildman–Crippen MR) is 86.2 cm³/mol. The summed E-state index contributed by atoms with van der Waals surface area (Å²) in [7, 11) is 1.75. The molecule has 0 saturated carbocycles. The second-order valence-corrected chi connectivity index (χ2v) is 5.74. The van der Waals surface area contributed by atoms with E-state index >= 15 is 0 Å². The molecule has 1 aliphatic rings. The van der Waals surface area contributed by atoms with Crippen LogP contribution in [0, 0.1) is 0 Å². The van der Waals surface area contributed by atoms with Crippen LogP contribution in [0.15, 0.2) is 54.9 Å². The van der Waals surface area contributed by atoms with Gasteiger partial charge in [-0.05, 0) is 17.2 Å². The number of nitrogens with zero attached hydrogens (tertiary/aromatic N) is 3. The van der Waals surface area contributed by atoms with Crippen molar-refractivity contribution in [2.75, 3.05) is 7.05 Å². The number of benzene rings is 1. The van der Waals surface area contributed by atoms with E-state index in [9.17, 15) is 9.59 Å². The van der Waals surface area contributed by atoms with E-state index in [0.717, 1.165) is 11.1 Å². The smallest absolute Gasteiger partial charge is 0.247 e. The molecule has 118 valence electrons. The predicted octanol–water partition coefficient (Wildman–Crippen LogP) is 2.01. The molecule has 5 heteroatoms. The molecule has 1 fully saturated rings. The Morgan fingerprint density at radius 2 is 1.91 bits per heavy atom. The molecule has 0 radical (unpaired) electrons. The van der Waals surface area contributed by atoms with Gasteiger partial charge in [-0.2, -0.15) is 0 Å². The summed E-state index contributed by atoms with van der Waals surface area (Å²) in [5, 5.41) is 0. The molecule has 0 N–H and O–H groups in total. The molecule has 0 spiro atoms. The van der Waals surface area contributed by atoms with E-state index in [-0.39, 0.29) is 18.0 Å². The minimum Gasteiger partial charge on any atom is -0.319 e. The van der Waals surface area contributed by atoms with E-state index in [1.54, 1.807) is 29.2 Å². The molecule has 0 aliphatic carbocycles. The van der Waals surface area contributed by atoms with Crippen molar-refractivity contribution in [1.29, 1.82) is 0 Å². The number of hydrogen-bond donors (Lipinski definition) is 0. The molecule has 1 saturated heterocycles. The first-order chi connectivity index (χ1) is 11.1. The highest BCUT2D eigenvalue weighted by molar-refractivity contribution is 5.91. The van der Waals surface area contributed by atoms with Crippen LogP contribution in [0.2, 0.25) is 0 Å². The first-order valence-corrected chi connectivity index (χ1v) is 7.59. The average molecular weight is 309 g/mol. The molecule has 1 aromatic heterocycles. The molecule has 1 unspecified atom stereocenters. The molecule has 0 bridgehead atoms. The largest absolute Gasteiger partial charge is 0.319 e. The summed E-state index contributed by atoms with van der Waals surface area (Å²) >= 11 is 0. The van der Waals surface area contributed by atoms with Gasteiger partial charge in [0.15, 0.2) is 0 Å². The van der Waals surface area contributed by atoms with Crippen LogP contribution in [-0.4, -0.2) is 39.7 Å². The van der Waals surface area contributed by atoms with Crippen LogP contribution in [0.25, 0.3) is 0 Å². The van der Waals surface area contributed by atoms with Crippen LogP contribution >= 0.6 is 0 Å². The van der Waals surface area contributed by atoms with Gasteiger partial charge in [0.05, 0.1) is 0 Å². The van der Waals surface area contributed by atoms with E-state index in [0.29, 0.717) is 6.42 Å². The molecule has 1 aliphatic heterocycles. The molecular weight excluding hydrogens is 290 g/mol. The highest BCUT2D eigenvalue weighted by atomic mass is 16.2. The number of aromatic nitrogens is 1. The summed E-state index contributed by atoms with van der Waals surface area (Å²) in [5.41, 5.74) is 1.88. The maximum absolute atomic E-state index is 12.7. The van der Waals surface area contributed by atoms with Crippen molar-refractivity contribution >= 4 is 11.8 Å². The summed E-state index contributed by atoms with van der Waals surface area (Å²) < 4.78 is 0. The van der Waals surface area contributed by atoms with Gasteiger partial charge < -0.3 is 9.80 Å². The van der Waals surface area contributed by atoms with Crippen LogP contribution in [0.3, 0.4) is 0 Å². The summed E-state index contributed by atoms with van der Waals surface area (Å²) in [6.45, 7) is 1.51. The van der Waals surface area contributed by atoms with Gasteiger partial charge in [0, 0.05) is 32.8 Å². The minimum atomic E-state index is -0.494. The van der Waals surface area contributed by atoms with E-state index < -0.39 is 6.04 Å². The van der Waals surface area contributed by atoms with Crippen molar-refractivity contribution < 1.29 is 9.59 Å². The summed E-state index contributed by atoms with van der Waals surface area (Å²) in [6.07, 6.45) is 3.55. The third kappa shape index (κ3) is 2.82. The average Bonchev–Trinajstić information content (AvgIpc) is 2.82. The minimum absolute atomic E-state index is 0.0436. The quantitative estimate of drug-likeness (QED) is 0.871. The third-order valence-electron chi connectivity index (χ3n) is 4.21. The molecule has 3 rings (SSSR count). The van der Waals surface area contributed by atoms with Crippen LogP contribution in [0.1, 0.15) is 24.2 Å². The highest BCUT2D eigenvalue weighted by Crippen LogP contribution is 2.34. The van der Waals surface area contributed by atoms with Crippen molar-refractivity contribution in [3.8, 4) is 0 Å². The topological polar surface area (TPSA) is 53.5 Å². The Bertz CT molecular complexity index is 703. The van der Waals surface area contributed by atoms with Gasteiger partial charge in [0.2, 0.25) is 11.8 Å². The van der Waals surface area contributed by atoms with Gasteiger partial charge in [-0.1, -0.05) is 36.4 Å². The Hall–Kier alpha value is -2.69. The Balaban J connectivity index is 1.96. The Morgan fingerprint density at radius 1 is 1.17 bits per heavy atom. The van der Waals surface area contributed by atoms with Gasteiger partial charge in [-0.15, -0.1) is 0 Å². The molecule has 2 heterocycles. The monoisotopic (exact) mass is 309 g/mol. The molecule has 2 aromatic rings. The number of carbonyl (C=O) groups is 2. The number of amides is 2. The zero-order valence-electron chi connectivity index (χ0n) is 13.2. The Labute approximate surface area is 135 Å². The van der Waals surface area contributed by atoms with E-state index in [1.165, 1.54) is 6.92 Å². The van der Waals surface area contributed by atoms with E-state index in [2.05, 4.69) is 4.98 Å². The standard InChI is InChI=1S/C18H19N3O2/c1-13(22)21-16(11-14-7-6-10-19-12-14)18(23)20(2)17(21)15-8-4-3-5-9-15/h3-10,12,16-17H,11H2,1-2H3/t16-,17?/m1/s1. The summed E-state index contributed by atoms with van der Waals surface area (Å²) in [6, 6.07) is 12.9. The fraction of sp³-hybridized carbons (Fsp3) is 0.278. The summed E-state index contributed by atoms with van der Waals surface area (Å²) in [5.74, 6) is -0.150. The van der Waals surface area contributed by atoms with Crippen molar-refractivity contribution in [3.63, 3.8) is 0 Å². The maximum atomic E-state index is 12.7. The number of rotatable bonds is 3. The van der Waals surface area contributed by atoms with E-state index in [1.807, 2.05) is 42.5 Å². The van der Waals surface area contributed by atoms with Crippen molar-refractivity contribution in [1.82, 2.24) is 14.8 Å². The molecule has 5 nitrogen and oxygen atoms in total. The van der Waals surface area contributed by atoms with E-state index in [4.69, 9.17) is 0 Å². The lowest BCUT2D eigenvalue weighted by molar-refractivity contribution is -0.134. The lowest BCUT2D eigenvalue weighted by Crippen LogP contribution is -2.39. The number of hydrogen-bond acceptors (Lipinski definition) is 3. The molecule has 1 aromatic carbocycles. The van der Waals surface area contributed by atoms with Gasteiger partial charge in [-0.3, -0.25) is 14.6 Å². The second kappa shape index (κ2) is 6.20. The zero-order chi connectivity index (χ0) is 16.4. The number of carbonyl (C=O) groups excluding carboxylic acids is 2. The fourth-order valence-corrected chi connectivity index (χ4v) is 3.16. The fourth-order valence-electron chi connectivity index (χ4n) is 3.16. The van der Waals surface area contributed by atoms with Crippen LogP contribution in [0.4, 0.5) is 0 Å². The molecule has 2 amide bonds. The van der Waals surface area contributed by atoms with Crippen molar-refractivity contribution in [2.24, 2.45) is 0 Å². The second-order valence-electron chi connectivity index (χ2n) is 5.74. The lowest BCUT2D eigenvalue weighted by Gasteiger charge is -2.29. The van der Waals surface area contributed by atoms with Gasteiger partial charge in [-0.25, -0.2) is 0 Å². The van der Waals surface area contributed by atoms with Crippen LogP contribution < -0.4 is 0 Å².